The van der Waals surface area contributed by atoms with E-state index in [1.165, 1.54) is 4.68 Å². The summed E-state index contributed by atoms with van der Waals surface area (Å²) in [5.41, 5.74) is 1.51. The maximum absolute atomic E-state index is 13.3. The number of methoxy groups -OCH3 is 1. The SMILES string of the molecule is COc1ccccc1CCc1cc(/C(C)=N/OC(C)C)c(=O)n(CC(C)(C)C(=O)NC(C)C)n1. The van der Waals surface area contributed by atoms with Crippen molar-refractivity contribution < 1.29 is 14.4 Å². The van der Waals surface area contributed by atoms with Crippen LogP contribution in [0, 0.1) is 5.41 Å². The van der Waals surface area contributed by atoms with E-state index in [9.17, 15) is 9.59 Å². The first-order valence-electron chi connectivity index (χ1n) is 11.7. The van der Waals surface area contributed by atoms with E-state index in [4.69, 9.17) is 9.57 Å². The smallest absolute Gasteiger partial charge is 0.276 e. The van der Waals surface area contributed by atoms with Gasteiger partial charge in [0.2, 0.25) is 5.91 Å². The molecular weight excluding hydrogens is 432 g/mol. The highest BCUT2D eigenvalue weighted by molar-refractivity contribution is 5.98. The van der Waals surface area contributed by atoms with E-state index in [0.717, 1.165) is 17.0 Å². The van der Waals surface area contributed by atoms with E-state index < -0.39 is 5.41 Å². The maximum Gasteiger partial charge on any atom is 0.276 e. The predicted octanol–water partition coefficient (Wildman–Crippen LogP) is 3.74. The lowest BCUT2D eigenvalue weighted by Crippen LogP contribution is -2.45. The molecule has 0 fully saturated rings. The molecule has 186 valence electrons. The number of benzene rings is 1. The van der Waals surface area contributed by atoms with Gasteiger partial charge in [-0.05, 0) is 79.0 Å². The van der Waals surface area contributed by atoms with Crippen LogP contribution in [0.1, 0.15) is 65.3 Å². The molecule has 0 unspecified atom stereocenters. The molecule has 0 aliphatic heterocycles. The number of nitrogens with zero attached hydrogens (tertiary/aromatic N) is 3. The first kappa shape index (κ1) is 27.1. The summed E-state index contributed by atoms with van der Waals surface area (Å²) >= 11 is 0. The number of rotatable bonds is 11. The third-order valence-electron chi connectivity index (χ3n) is 5.24. The van der Waals surface area contributed by atoms with Gasteiger partial charge < -0.3 is 14.9 Å². The van der Waals surface area contributed by atoms with Gasteiger partial charge in [-0.1, -0.05) is 23.4 Å². The van der Waals surface area contributed by atoms with Gasteiger partial charge in [-0.15, -0.1) is 0 Å². The fraction of sp³-hybridized carbons (Fsp3) is 0.538. The summed E-state index contributed by atoms with van der Waals surface area (Å²) in [5.74, 6) is 0.677. The van der Waals surface area contributed by atoms with Gasteiger partial charge in [-0.25, -0.2) is 4.68 Å². The molecule has 8 nitrogen and oxygen atoms in total. The third-order valence-corrected chi connectivity index (χ3v) is 5.24. The molecule has 0 saturated heterocycles. The van der Waals surface area contributed by atoms with Gasteiger partial charge in [0.05, 0.1) is 36.0 Å². The predicted molar refractivity (Wildman–Crippen MR) is 134 cm³/mol. The lowest BCUT2D eigenvalue weighted by atomic mass is 9.92. The summed E-state index contributed by atoms with van der Waals surface area (Å²) in [6.07, 6.45) is 1.16. The Hall–Kier alpha value is -3.16. The second kappa shape index (κ2) is 11.8. The van der Waals surface area contributed by atoms with E-state index >= 15 is 0 Å². The van der Waals surface area contributed by atoms with Crippen LogP contribution in [0.4, 0.5) is 0 Å². The lowest BCUT2D eigenvalue weighted by Gasteiger charge is -2.25. The molecule has 0 saturated carbocycles. The summed E-state index contributed by atoms with van der Waals surface area (Å²) in [5, 5.41) is 11.7. The van der Waals surface area contributed by atoms with E-state index in [1.54, 1.807) is 20.1 Å². The van der Waals surface area contributed by atoms with Crippen LogP contribution in [0.2, 0.25) is 0 Å². The maximum atomic E-state index is 13.3. The van der Waals surface area contributed by atoms with Gasteiger partial charge in [-0.3, -0.25) is 9.59 Å². The Balaban J connectivity index is 2.45. The zero-order chi connectivity index (χ0) is 25.5. The number of carbonyl (C=O) groups excluding carboxylic acids is 1. The molecule has 34 heavy (non-hydrogen) atoms. The molecule has 0 bridgehead atoms. The molecule has 1 heterocycles. The number of hydrogen-bond acceptors (Lipinski definition) is 6. The number of nitrogens with one attached hydrogen (secondary N) is 1. The van der Waals surface area contributed by atoms with Crippen LogP contribution >= 0.6 is 0 Å². The highest BCUT2D eigenvalue weighted by atomic mass is 16.6. The molecule has 0 aliphatic carbocycles. The molecule has 1 aromatic heterocycles. The first-order chi connectivity index (χ1) is 15.9. The number of hydrogen-bond donors (Lipinski definition) is 1. The van der Waals surface area contributed by atoms with Crippen molar-refractivity contribution in [2.24, 2.45) is 10.6 Å². The number of carbonyl (C=O) groups is 1. The molecular formula is C26H38N4O4. The number of aromatic nitrogens is 2. The van der Waals surface area contributed by atoms with Gasteiger partial charge in [-0.2, -0.15) is 5.10 Å². The van der Waals surface area contributed by atoms with Crippen molar-refractivity contribution in [3.63, 3.8) is 0 Å². The molecule has 0 aliphatic rings. The second-order valence-corrected chi connectivity index (χ2v) is 9.67. The number of oxime groups is 1. The van der Waals surface area contributed by atoms with Crippen molar-refractivity contribution in [1.29, 1.82) is 0 Å². The Morgan fingerprint density at radius 2 is 1.85 bits per heavy atom. The fourth-order valence-corrected chi connectivity index (χ4v) is 3.39. The van der Waals surface area contributed by atoms with Crippen molar-refractivity contribution in [3.8, 4) is 5.75 Å². The Morgan fingerprint density at radius 3 is 2.47 bits per heavy atom. The molecule has 2 aromatic rings. The molecule has 0 radical (unpaired) electrons. The lowest BCUT2D eigenvalue weighted by molar-refractivity contribution is -0.130. The summed E-state index contributed by atoms with van der Waals surface area (Å²) in [6, 6.07) is 9.59. The quantitative estimate of drug-likeness (QED) is 0.399. The Labute approximate surface area is 202 Å². The van der Waals surface area contributed by atoms with Crippen molar-refractivity contribution in [2.75, 3.05) is 7.11 Å². The second-order valence-electron chi connectivity index (χ2n) is 9.67. The summed E-state index contributed by atoms with van der Waals surface area (Å²) in [4.78, 5) is 31.4. The number of amides is 1. The highest BCUT2D eigenvalue weighted by Gasteiger charge is 2.30. The Bertz CT molecular complexity index is 1070. The zero-order valence-corrected chi connectivity index (χ0v) is 21.6. The van der Waals surface area contributed by atoms with Gasteiger partial charge in [0.1, 0.15) is 11.9 Å². The summed E-state index contributed by atoms with van der Waals surface area (Å²) in [6.45, 7) is 13.0. The van der Waals surface area contributed by atoms with Gasteiger partial charge in [0.25, 0.3) is 5.56 Å². The molecule has 8 heteroatoms. The molecule has 0 atom stereocenters. The molecule has 1 amide bonds. The zero-order valence-electron chi connectivity index (χ0n) is 21.6. The number of aryl methyl sites for hydroxylation is 2. The highest BCUT2D eigenvalue weighted by Crippen LogP contribution is 2.20. The Morgan fingerprint density at radius 1 is 1.18 bits per heavy atom. The van der Waals surface area contributed by atoms with Crippen molar-refractivity contribution >= 4 is 11.6 Å². The average molecular weight is 471 g/mol. The Kier molecular flexibility index (Phi) is 9.41. The first-order valence-corrected chi connectivity index (χ1v) is 11.7. The summed E-state index contributed by atoms with van der Waals surface area (Å²) in [7, 11) is 1.65. The van der Waals surface area contributed by atoms with E-state index in [1.807, 2.05) is 65.8 Å². The van der Waals surface area contributed by atoms with Crippen molar-refractivity contribution in [2.45, 2.75) is 80.0 Å². The van der Waals surface area contributed by atoms with Crippen LogP contribution < -0.4 is 15.6 Å². The molecule has 0 spiro atoms. The average Bonchev–Trinajstić information content (AvgIpc) is 2.77. The number of ether oxygens (including phenoxy) is 1. The van der Waals surface area contributed by atoms with Crippen LogP contribution in [0.3, 0.4) is 0 Å². The summed E-state index contributed by atoms with van der Waals surface area (Å²) < 4.78 is 6.84. The monoisotopic (exact) mass is 470 g/mol. The molecule has 2 rings (SSSR count). The minimum atomic E-state index is -0.834. The van der Waals surface area contributed by atoms with E-state index in [2.05, 4.69) is 15.6 Å². The topological polar surface area (TPSA) is 94.8 Å². The van der Waals surface area contributed by atoms with Crippen LogP contribution in [-0.2, 0) is 29.0 Å². The standard InChI is InChI=1S/C26H38N4O4/c1-17(2)27-25(32)26(6,7)16-30-24(31)22(19(5)29-34-18(3)4)15-21(28-30)14-13-20-11-9-10-12-23(20)33-8/h9-12,15,17-18H,13-14,16H2,1-8H3,(H,27,32)/b29-19+. The van der Waals surface area contributed by atoms with Crippen molar-refractivity contribution in [3.05, 3.63) is 57.5 Å². The number of para-hydroxylation sites is 1. The third kappa shape index (κ3) is 7.43. The van der Waals surface area contributed by atoms with Crippen LogP contribution in [0.25, 0.3) is 0 Å². The molecule has 1 aromatic carbocycles. The van der Waals surface area contributed by atoms with Gasteiger partial charge in [0.15, 0.2) is 0 Å². The molecule has 1 N–H and O–H groups in total. The van der Waals surface area contributed by atoms with Gasteiger partial charge in [0, 0.05) is 6.04 Å². The fourth-order valence-electron chi connectivity index (χ4n) is 3.39. The van der Waals surface area contributed by atoms with E-state index in [-0.39, 0.29) is 30.2 Å². The normalized spacial score (nSPS) is 12.2. The van der Waals surface area contributed by atoms with Crippen molar-refractivity contribution in [1.82, 2.24) is 15.1 Å². The van der Waals surface area contributed by atoms with Crippen LogP contribution in [0.15, 0.2) is 40.3 Å². The minimum Gasteiger partial charge on any atom is -0.496 e. The minimum absolute atomic E-state index is 0.00163. The van der Waals surface area contributed by atoms with Gasteiger partial charge >= 0.3 is 0 Å². The largest absolute Gasteiger partial charge is 0.496 e. The van der Waals surface area contributed by atoms with Crippen LogP contribution in [-0.4, -0.2) is 40.7 Å². The van der Waals surface area contributed by atoms with Crippen LogP contribution in [0.5, 0.6) is 5.75 Å². The van der Waals surface area contributed by atoms with E-state index in [0.29, 0.717) is 24.1 Å².